The van der Waals surface area contributed by atoms with Crippen molar-refractivity contribution in [3.63, 3.8) is 0 Å². The minimum Gasteiger partial charge on any atom is -0.466 e. The molecule has 0 aliphatic rings. The quantitative estimate of drug-likeness (QED) is 0.361. The summed E-state index contributed by atoms with van der Waals surface area (Å²) in [6.07, 6.45) is -0.563. The lowest BCUT2D eigenvalue weighted by atomic mass is 10.0. The Balaban J connectivity index is 2.77. The van der Waals surface area contributed by atoms with E-state index >= 15 is 0 Å². The molecule has 0 heterocycles. The van der Waals surface area contributed by atoms with Crippen LogP contribution in [-0.4, -0.2) is 29.0 Å². The van der Waals surface area contributed by atoms with Crippen molar-refractivity contribution in [1.29, 1.82) is 0 Å². The number of hydrogen-bond acceptors (Lipinski definition) is 4. The van der Waals surface area contributed by atoms with Gasteiger partial charge in [0.15, 0.2) is 11.6 Å². The third-order valence-corrected chi connectivity index (χ3v) is 2.94. The molecule has 0 radical (unpaired) electrons. The number of benzene rings is 1. The highest BCUT2D eigenvalue weighted by Crippen LogP contribution is 2.26. The van der Waals surface area contributed by atoms with Gasteiger partial charge in [0.25, 0.3) is 4.33 Å². The Kier molecular flexibility index (Phi) is 4.87. The van der Waals surface area contributed by atoms with Gasteiger partial charge in [0.2, 0.25) is 0 Å². The van der Waals surface area contributed by atoms with Crippen LogP contribution >= 0.6 is 23.2 Å². The number of rotatable bonds is 5. The van der Waals surface area contributed by atoms with E-state index in [4.69, 9.17) is 23.2 Å². The number of hydrogen-bond donors (Lipinski definition) is 0. The average Bonchev–Trinajstić information content (AvgIpc) is 2.38. The van der Waals surface area contributed by atoms with Crippen LogP contribution in [0.15, 0.2) is 30.3 Å². The van der Waals surface area contributed by atoms with Crippen molar-refractivity contribution in [2.75, 3.05) is 7.11 Å². The molecule has 0 aliphatic heterocycles. The maximum atomic E-state index is 11.7. The lowest BCUT2D eigenvalue weighted by Crippen LogP contribution is -2.37. The second-order valence-electron chi connectivity index (χ2n) is 3.46. The van der Waals surface area contributed by atoms with Crippen LogP contribution in [0.4, 0.5) is 0 Å². The Bertz CT molecular complexity index is 468. The van der Waals surface area contributed by atoms with E-state index < -0.39 is 28.3 Å². The van der Waals surface area contributed by atoms with Gasteiger partial charge in [0.05, 0.1) is 13.5 Å². The van der Waals surface area contributed by atoms with Crippen LogP contribution in [0.3, 0.4) is 0 Å². The molecular formula is C12H10Cl2O4. The van der Waals surface area contributed by atoms with Gasteiger partial charge in [-0.1, -0.05) is 53.5 Å². The van der Waals surface area contributed by atoms with Crippen molar-refractivity contribution in [3.05, 3.63) is 35.9 Å². The second kappa shape index (κ2) is 5.98. The summed E-state index contributed by atoms with van der Waals surface area (Å²) in [5.74, 6) is -2.47. The van der Waals surface area contributed by atoms with E-state index in [-0.39, 0.29) is 0 Å². The minimum atomic E-state index is -2.35. The number of halogens is 2. The summed E-state index contributed by atoms with van der Waals surface area (Å²) in [5.41, 5.74) is 0.347. The Labute approximate surface area is 114 Å². The molecule has 0 bridgehead atoms. The van der Waals surface area contributed by atoms with Gasteiger partial charge in [0.1, 0.15) is 0 Å². The van der Waals surface area contributed by atoms with Gasteiger partial charge < -0.3 is 4.74 Å². The Morgan fingerprint density at radius 2 is 1.72 bits per heavy atom. The zero-order valence-corrected chi connectivity index (χ0v) is 11.0. The van der Waals surface area contributed by atoms with E-state index in [9.17, 15) is 14.4 Å². The minimum absolute atomic E-state index is 0.347. The fourth-order valence-corrected chi connectivity index (χ4v) is 1.51. The van der Waals surface area contributed by atoms with Crippen LogP contribution in [0.1, 0.15) is 16.8 Å². The van der Waals surface area contributed by atoms with Gasteiger partial charge in [-0.05, 0) is 0 Å². The van der Waals surface area contributed by atoms with Crippen LogP contribution in [-0.2, 0) is 14.3 Å². The van der Waals surface area contributed by atoms with Crippen molar-refractivity contribution in [2.24, 2.45) is 0 Å². The fourth-order valence-electron chi connectivity index (χ4n) is 1.22. The molecule has 0 aromatic heterocycles. The highest BCUT2D eigenvalue weighted by Gasteiger charge is 2.43. The molecular weight excluding hydrogens is 279 g/mol. The predicted octanol–water partition coefficient (Wildman–Crippen LogP) is 2.18. The maximum Gasteiger partial charge on any atom is 0.350 e. The van der Waals surface area contributed by atoms with E-state index in [1.54, 1.807) is 30.3 Å². The molecule has 0 atom stereocenters. The van der Waals surface area contributed by atoms with E-state index in [2.05, 4.69) is 4.74 Å². The van der Waals surface area contributed by atoms with E-state index in [0.29, 0.717) is 5.56 Å². The Hall–Kier alpha value is -1.39. The number of alkyl halides is 2. The highest BCUT2D eigenvalue weighted by atomic mass is 35.5. The van der Waals surface area contributed by atoms with Gasteiger partial charge >= 0.3 is 5.97 Å². The van der Waals surface area contributed by atoms with E-state index in [1.807, 2.05) is 0 Å². The molecule has 1 aromatic rings. The maximum absolute atomic E-state index is 11.7. The first-order chi connectivity index (χ1) is 8.39. The summed E-state index contributed by atoms with van der Waals surface area (Å²) >= 11 is 11.1. The van der Waals surface area contributed by atoms with Crippen LogP contribution < -0.4 is 0 Å². The fraction of sp³-hybridized carbons (Fsp3) is 0.250. The van der Waals surface area contributed by atoms with Crippen molar-refractivity contribution >= 4 is 40.7 Å². The van der Waals surface area contributed by atoms with Crippen molar-refractivity contribution in [3.8, 4) is 0 Å². The number of esters is 1. The molecule has 0 amide bonds. The van der Waals surface area contributed by atoms with E-state index in [1.165, 1.54) is 0 Å². The normalized spacial score (nSPS) is 10.8. The lowest BCUT2D eigenvalue weighted by molar-refractivity contribution is -0.144. The molecule has 96 valence electrons. The predicted molar refractivity (Wildman–Crippen MR) is 66.8 cm³/mol. The number of carbonyl (C=O) groups excluding carboxylic acids is 3. The van der Waals surface area contributed by atoms with Crippen molar-refractivity contribution < 1.29 is 19.1 Å². The number of ether oxygens (including phenoxy) is 1. The van der Waals surface area contributed by atoms with Crippen LogP contribution in [0, 0.1) is 0 Å². The molecule has 0 saturated heterocycles. The first-order valence-corrected chi connectivity index (χ1v) is 5.73. The molecule has 0 fully saturated rings. The molecule has 0 N–H and O–H groups in total. The van der Waals surface area contributed by atoms with Gasteiger partial charge in [0, 0.05) is 5.56 Å². The molecule has 1 rings (SSSR count). The number of ketones is 2. The van der Waals surface area contributed by atoms with Crippen LogP contribution in [0.2, 0.25) is 0 Å². The highest BCUT2D eigenvalue weighted by molar-refractivity contribution is 6.67. The lowest BCUT2D eigenvalue weighted by Gasteiger charge is -2.14. The van der Waals surface area contributed by atoms with Crippen molar-refractivity contribution in [2.45, 2.75) is 10.8 Å². The van der Waals surface area contributed by atoms with Gasteiger partial charge in [-0.25, -0.2) is 4.79 Å². The van der Waals surface area contributed by atoms with Crippen LogP contribution in [0.5, 0.6) is 0 Å². The van der Waals surface area contributed by atoms with Crippen molar-refractivity contribution in [1.82, 2.24) is 0 Å². The van der Waals surface area contributed by atoms with Gasteiger partial charge in [-0.3, -0.25) is 9.59 Å². The standard InChI is InChI=1S/C12H10Cl2O4/c1-18-11(17)12(13,14)10(16)7-9(15)8-5-3-2-4-6-8/h2-6H,7H2,1H3. The number of carbonyl (C=O) groups is 3. The van der Waals surface area contributed by atoms with Gasteiger partial charge in [-0.15, -0.1) is 0 Å². The molecule has 0 aliphatic carbocycles. The third kappa shape index (κ3) is 3.31. The summed E-state index contributed by atoms with van der Waals surface area (Å²) in [4.78, 5) is 34.6. The topological polar surface area (TPSA) is 60.4 Å². The molecule has 6 heteroatoms. The Morgan fingerprint density at radius 1 is 1.17 bits per heavy atom. The molecule has 4 nitrogen and oxygen atoms in total. The van der Waals surface area contributed by atoms with Crippen LogP contribution in [0.25, 0.3) is 0 Å². The second-order valence-corrected chi connectivity index (χ2v) is 4.78. The smallest absolute Gasteiger partial charge is 0.350 e. The third-order valence-electron chi connectivity index (χ3n) is 2.21. The molecule has 0 saturated carbocycles. The summed E-state index contributed by atoms with van der Waals surface area (Å²) in [6, 6.07) is 8.16. The molecule has 1 aromatic carbocycles. The average molecular weight is 289 g/mol. The number of Topliss-reactive ketones (excluding diaryl/α,β-unsaturated/α-hetero) is 2. The van der Waals surface area contributed by atoms with Gasteiger partial charge in [-0.2, -0.15) is 0 Å². The van der Waals surface area contributed by atoms with E-state index in [0.717, 1.165) is 7.11 Å². The zero-order valence-electron chi connectivity index (χ0n) is 9.48. The SMILES string of the molecule is COC(=O)C(Cl)(Cl)C(=O)CC(=O)c1ccccc1. The summed E-state index contributed by atoms with van der Waals surface area (Å²) < 4.78 is 1.94. The summed E-state index contributed by atoms with van der Waals surface area (Å²) in [6.45, 7) is 0. The first kappa shape index (κ1) is 14.7. The number of methoxy groups -OCH3 is 1. The molecule has 0 unspecified atom stereocenters. The molecule has 18 heavy (non-hydrogen) atoms. The molecule has 0 spiro atoms. The first-order valence-electron chi connectivity index (χ1n) is 4.97. The summed E-state index contributed by atoms with van der Waals surface area (Å²) in [5, 5.41) is 0. The largest absolute Gasteiger partial charge is 0.466 e. The monoisotopic (exact) mass is 288 g/mol. The zero-order chi connectivity index (χ0) is 13.8. The summed E-state index contributed by atoms with van der Waals surface area (Å²) in [7, 11) is 1.05. The Morgan fingerprint density at radius 3 is 2.22 bits per heavy atom.